The minimum Gasteiger partial charge on any atom is -0.497 e. The van der Waals surface area contributed by atoms with E-state index in [2.05, 4.69) is 14.8 Å². The van der Waals surface area contributed by atoms with E-state index in [0.29, 0.717) is 89.2 Å². The molecule has 2 aliphatic heterocycles. The van der Waals surface area contributed by atoms with E-state index in [0.717, 1.165) is 47.3 Å². The van der Waals surface area contributed by atoms with Crippen LogP contribution in [-0.2, 0) is 22.5 Å². The number of fused-ring (bicyclic) bond motifs is 1. The highest BCUT2D eigenvalue weighted by molar-refractivity contribution is 5.85. The second-order valence-corrected chi connectivity index (χ2v) is 12.4. The van der Waals surface area contributed by atoms with Gasteiger partial charge in [0.1, 0.15) is 5.75 Å². The number of nitrogens with zero attached hydrogens (tertiary/aromatic N) is 3. The minimum atomic E-state index is -1.46. The van der Waals surface area contributed by atoms with Crippen molar-refractivity contribution in [3.05, 3.63) is 70.7 Å². The summed E-state index contributed by atoms with van der Waals surface area (Å²) in [6.45, 7) is 5.59. The smallest absolute Gasteiger partial charge is 0.303 e. The average Bonchev–Trinajstić information content (AvgIpc) is 3.03. The second kappa shape index (κ2) is 14.9. The van der Waals surface area contributed by atoms with E-state index in [9.17, 15) is 28.2 Å². The number of carboxylic acid groups (broad SMARTS) is 1. The van der Waals surface area contributed by atoms with E-state index in [4.69, 9.17) is 9.47 Å². The molecule has 5 rings (SSSR count). The van der Waals surface area contributed by atoms with Crippen LogP contribution in [-0.4, -0.2) is 84.0 Å². The third kappa shape index (κ3) is 8.32. The summed E-state index contributed by atoms with van der Waals surface area (Å²) < 4.78 is 51.4. The molecule has 3 heterocycles. The predicted molar refractivity (Wildman–Crippen MR) is 164 cm³/mol. The van der Waals surface area contributed by atoms with Crippen molar-refractivity contribution in [2.45, 2.75) is 57.6 Å². The Bertz CT molecular complexity index is 1450. The van der Waals surface area contributed by atoms with Crippen molar-refractivity contribution >= 4 is 16.9 Å². The quantitative estimate of drug-likeness (QED) is 0.240. The maximum Gasteiger partial charge on any atom is 0.303 e. The molecule has 1 atom stereocenters. The van der Waals surface area contributed by atoms with Crippen molar-refractivity contribution in [3.8, 4) is 5.75 Å². The van der Waals surface area contributed by atoms with Gasteiger partial charge in [-0.25, -0.2) is 13.2 Å². The van der Waals surface area contributed by atoms with Gasteiger partial charge in [-0.05, 0) is 111 Å². The van der Waals surface area contributed by atoms with Gasteiger partial charge in [-0.3, -0.25) is 14.7 Å². The number of aliphatic hydroxyl groups is 1. The van der Waals surface area contributed by atoms with Crippen molar-refractivity contribution in [1.29, 1.82) is 0 Å². The first-order chi connectivity index (χ1) is 21.7. The van der Waals surface area contributed by atoms with Gasteiger partial charge in [0.15, 0.2) is 17.5 Å². The van der Waals surface area contributed by atoms with Crippen LogP contribution in [0.4, 0.5) is 13.2 Å². The normalized spacial score (nSPS) is 18.2. The van der Waals surface area contributed by atoms with Gasteiger partial charge in [0, 0.05) is 31.2 Å². The fraction of sp³-hybridized carbons (Fsp3) is 0.529. The molecular formula is C34H42F3N3O5. The molecule has 2 aliphatic rings. The van der Waals surface area contributed by atoms with Gasteiger partial charge in [-0.15, -0.1) is 0 Å². The van der Waals surface area contributed by atoms with Crippen molar-refractivity contribution in [2.75, 3.05) is 53.0 Å². The van der Waals surface area contributed by atoms with Gasteiger partial charge in [0.2, 0.25) is 0 Å². The maximum absolute atomic E-state index is 13.6. The number of aromatic nitrogens is 1. The number of carboxylic acids is 1. The van der Waals surface area contributed by atoms with Gasteiger partial charge in [0.05, 0.1) is 38.4 Å². The van der Waals surface area contributed by atoms with Crippen LogP contribution in [0.3, 0.4) is 0 Å². The Kier molecular flexibility index (Phi) is 11.0. The highest BCUT2D eigenvalue weighted by atomic mass is 19.2. The summed E-state index contributed by atoms with van der Waals surface area (Å²) in [5.41, 5.74) is 2.45. The molecule has 0 bridgehead atoms. The molecule has 244 valence electrons. The number of rotatable bonds is 13. The van der Waals surface area contributed by atoms with E-state index in [1.807, 2.05) is 24.4 Å². The first-order valence-electron chi connectivity index (χ1n) is 15.7. The van der Waals surface area contributed by atoms with Crippen LogP contribution in [0.5, 0.6) is 5.75 Å². The van der Waals surface area contributed by atoms with E-state index in [-0.39, 0.29) is 6.42 Å². The van der Waals surface area contributed by atoms with Gasteiger partial charge in [-0.2, -0.15) is 0 Å². The number of methoxy groups -OCH3 is 1. The number of benzene rings is 2. The third-order valence-electron chi connectivity index (χ3n) is 9.40. The molecule has 0 saturated carbocycles. The second-order valence-electron chi connectivity index (χ2n) is 12.4. The summed E-state index contributed by atoms with van der Waals surface area (Å²) in [7, 11) is 1.60. The molecule has 2 fully saturated rings. The molecule has 0 radical (unpaired) electrons. The Balaban J connectivity index is 1.26. The number of hydrogen-bond acceptors (Lipinski definition) is 7. The van der Waals surface area contributed by atoms with Gasteiger partial charge in [0.25, 0.3) is 0 Å². The number of halogens is 3. The van der Waals surface area contributed by atoms with Crippen molar-refractivity contribution in [1.82, 2.24) is 14.8 Å². The number of hydrogen-bond donors (Lipinski definition) is 2. The summed E-state index contributed by atoms with van der Waals surface area (Å²) >= 11 is 0. The molecule has 8 nitrogen and oxygen atoms in total. The first-order valence-corrected chi connectivity index (χ1v) is 15.7. The lowest BCUT2D eigenvalue weighted by molar-refractivity contribution is -0.141. The fourth-order valence-electron chi connectivity index (χ4n) is 6.81. The monoisotopic (exact) mass is 629 g/mol. The molecule has 2 aromatic carbocycles. The highest BCUT2D eigenvalue weighted by Gasteiger charge is 2.37. The molecule has 11 heteroatoms. The standard InChI is InChI=1S/C34H42F3N3O5/c1-44-25-4-5-29-26(19-25)32(24(21-38-29)22-40-13-15-45-16-14-40)30(41)6-7-34(20-31(42)43)8-11-39(12-9-34)10-2-3-23-17-27(35)33(37)28(36)18-23/h4-5,17-19,21,30,41H,2-3,6-16,20,22H2,1H3,(H,42,43). The Hall–Kier alpha value is -3.25. The molecule has 0 aliphatic carbocycles. The number of morpholine rings is 1. The molecule has 0 amide bonds. The molecule has 1 aromatic heterocycles. The number of aliphatic hydroxyl groups excluding tert-OH is 1. The molecule has 3 aromatic rings. The van der Waals surface area contributed by atoms with E-state index in [1.54, 1.807) is 7.11 Å². The van der Waals surface area contributed by atoms with Crippen LogP contribution in [0.1, 0.15) is 61.3 Å². The summed E-state index contributed by atoms with van der Waals surface area (Å²) in [6.07, 6.45) is 4.37. The van der Waals surface area contributed by atoms with Crippen LogP contribution < -0.4 is 4.74 Å². The SMILES string of the molecule is COc1ccc2ncc(CN3CCOCC3)c(C(O)CCC3(CC(=O)O)CCN(CCCc4cc(F)c(F)c(F)c4)CC3)c2c1. The Morgan fingerprint density at radius 1 is 1.07 bits per heavy atom. The fourth-order valence-corrected chi connectivity index (χ4v) is 6.81. The minimum absolute atomic E-state index is 0.0211. The highest BCUT2D eigenvalue weighted by Crippen LogP contribution is 2.42. The Morgan fingerprint density at radius 3 is 2.44 bits per heavy atom. The zero-order chi connectivity index (χ0) is 32.0. The topological polar surface area (TPSA) is 95.4 Å². The largest absolute Gasteiger partial charge is 0.497 e. The molecule has 0 spiro atoms. The zero-order valence-corrected chi connectivity index (χ0v) is 25.7. The number of aliphatic carboxylic acids is 1. The number of aryl methyl sites for hydroxylation is 1. The molecule has 2 N–H and O–H groups in total. The van der Waals surface area contributed by atoms with Crippen LogP contribution in [0.15, 0.2) is 36.5 Å². The summed E-state index contributed by atoms with van der Waals surface area (Å²) in [4.78, 5) is 21.2. The summed E-state index contributed by atoms with van der Waals surface area (Å²) in [6, 6.07) is 7.70. The molecule has 2 saturated heterocycles. The van der Waals surface area contributed by atoms with E-state index >= 15 is 0 Å². The third-order valence-corrected chi connectivity index (χ3v) is 9.40. The van der Waals surface area contributed by atoms with Gasteiger partial charge in [-0.1, -0.05) is 0 Å². The summed E-state index contributed by atoms with van der Waals surface area (Å²) in [5.74, 6) is -4.01. The molecular weight excluding hydrogens is 587 g/mol. The average molecular weight is 630 g/mol. The Labute approximate surface area is 261 Å². The van der Waals surface area contributed by atoms with Crippen LogP contribution in [0.2, 0.25) is 0 Å². The van der Waals surface area contributed by atoms with Crippen LogP contribution in [0, 0.1) is 22.9 Å². The van der Waals surface area contributed by atoms with E-state index in [1.165, 1.54) is 0 Å². The van der Waals surface area contributed by atoms with Crippen LogP contribution >= 0.6 is 0 Å². The number of ether oxygens (including phenoxy) is 2. The van der Waals surface area contributed by atoms with E-state index < -0.39 is 34.9 Å². The van der Waals surface area contributed by atoms with Gasteiger partial charge < -0.3 is 24.6 Å². The molecule has 45 heavy (non-hydrogen) atoms. The lowest BCUT2D eigenvalue weighted by Crippen LogP contribution is -2.41. The number of piperidine rings is 1. The molecule has 1 unspecified atom stereocenters. The Morgan fingerprint density at radius 2 is 1.78 bits per heavy atom. The summed E-state index contributed by atoms with van der Waals surface area (Å²) in [5, 5.41) is 22.4. The van der Waals surface area contributed by atoms with Crippen molar-refractivity contribution in [3.63, 3.8) is 0 Å². The lowest BCUT2D eigenvalue weighted by atomic mass is 9.71. The van der Waals surface area contributed by atoms with Crippen LogP contribution in [0.25, 0.3) is 10.9 Å². The van der Waals surface area contributed by atoms with Crippen molar-refractivity contribution < 1.29 is 37.7 Å². The number of pyridine rings is 1. The number of carbonyl (C=O) groups is 1. The predicted octanol–water partition coefficient (Wildman–Crippen LogP) is 5.50. The lowest BCUT2D eigenvalue weighted by Gasteiger charge is -2.42. The first kappa shape index (κ1) is 33.1. The zero-order valence-electron chi connectivity index (χ0n) is 25.7. The van der Waals surface area contributed by atoms with Crippen molar-refractivity contribution in [2.24, 2.45) is 5.41 Å². The number of likely N-dealkylation sites (tertiary alicyclic amines) is 1. The maximum atomic E-state index is 13.6. The van der Waals surface area contributed by atoms with Gasteiger partial charge >= 0.3 is 5.97 Å².